The van der Waals surface area contributed by atoms with Crippen molar-refractivity contribution in [3.8, 4) is 0 Å². The van der Waals surface area contributed by atoms with Crippen LogP contribution in [-0.2, 0) is 4.79 Å². The van der Waals surface area contributed by atoms with E-state index in [9.17, 15) is 4.79 Å². The Bertz CT molecular complexity index is 246. The molecule has 1 heterocycles. The zero-order valence-corrected chi connectivity index (χ0v) is 9.58. The van der Waals surface area contributed by atoms with Crippen LogP contribution < -0.4 is 0 Å². The molecule has 80 valence electrons. The molecule has 3 nitrogen and oxygen atoms in total. The lowest BCUT2D eigenvalue weighted by molar-refractivity contribution is -0.132. The van der Waals surface area contributed by atoms with Crippen molar-refractivity contribution in [2.75, 3.05) is 6.54 Å². The van der Waals surface area contributed by atoms with E-state index in [1.165, 1.54) is 0 Å². The molecular weight excluding hydrogens is 176 g/mol. The minimum atomic E-state index is 0.0202. The Kier molecular flexibility index (Phi) is 3.67. The van der Waals surface area contributed by atoms with Gasteiger partial charge in [0.05, 0.1) is 5.92 Å². The molecule has 0 aromatic carbocycles. The second kappa shape index (κ2) is 4.58. The van der Waals surface area contributed by atoms with Gasteiger partial charge in [0.2, 0.25) is 0 Å². The fraction of sp³-hybridized carbons (Fsp3) is 0.818. The SMILES string of the molecule is CCCCN1N=C(C)C(C(C)C)C1=O. The molecule has 1 atom stereocenters. The highest BCUT2D eigenvalue weighted by Gasteiger charge is 2.34. The predicted molar refractivity (Wildman–Crippen MR) is 58.1 cm³/mol. The molecule has 14 heavy (non-hydrogen) atoms. The van der Waals surface area contributed by atoms with Gasteiger partial charge in [-0.1, -0.05) is 27.2 Å². The fourth-order valence-electron chi connectivity index (χ4n) is 1.88. The third-order valence-electron chi connectivity index (χ3n) is 2.64. The molecule has 0 N–H and O–H groups in total. The molecule has 1 aliphatic heterocycles. The molecule has 1 rings (SSSR count). The number of nitrogens with zero attached hydrogens (tertiary/aromatic N) is 2. The van der Waals surface area contributed by atoms with E-state index in [4.69, 9.17) is 0 Å². The summed E-state index contributed by atoms with van der Waals surface area (Å²) < 4.78 is 0. The summed E-state index contributed by atoms with van der Waals surface area (Å²) in [4.78, 5) is 11.9. The van der Waals surface area contributed by atoms with E-state index in [2.05, 4.69) is 25.9 Å². The topological polar surface area (TPSA) is 32.7 Å². The van der Waals surface area contributed by atoms with Gasteiger partial charge in [0.1, 0.15) is 0 Å². The molecule has 0 aromatic heterocycles. The number of carbonyl (C=O) groups is 1. The van der Waals surface area contributed by atoms with Crippen LogP contribution in [0, 0.1) is 11.8 Å². The summed E-state index contributed by atoms with van der Waals surface area (Å²) in [7, 11) is 0. The second-order valence-corrected chi connectivity index (χ2v) is 4.28. The lowest BCUT2D eigenvalue weighted by atomic mass is 9.92. The van der Waals surface area contributed by atoms with E-state index in [1.54, 1.807) is 5.01 Å². The average Bonchev–Trinajstić information content (AvgIpc) is 2.38. The highest BCUT2D eigenvalue weighted by atomic mass is 16.2. The Hall–Kier alpha value is -0.860. The van der Waals surface area contributed by atoms with Crippen LogP contribution in [0.1, 0.15) is 40.5 Å². The molecule has 0 saturated heterocycles. The Morgan fingerprint density at radius 1 is 1.50 bits per heavy atom. The smallest absolute Gasteiger partial charge is 0.251 e. The van der Waals surface area contributed by atoms with Gasteiger partial charge in [0, 0.05) is 12.3 Å². The summed E-state index contributed by atoms with van der Waals surface area (Å²) in [6.07, 6.45) is 2.14. The maximum atomic E-state index is 11.9. The largest absolute Gasteiger partial charge is 0.272 e. The highest BCUT2D eigenvalue weighted by Crippen LogP contribution is 2.23. The van der Waals surface area contributed by atoms with Gasteiger partial charge >= 0.3 is 0 Å². The van der Waals surface area contributed by atoms with Gasteiger partial charge in [-0.05, 0) is 19.3 Å². The lowest BCUT2D eigenvalue weighted by Crippen LogP contribution is -2.30. The standard InChI is InChI=1S/C11H20N2O/c1-5-6-7-13-11(14)10(8(2)3)9(4)12-13/h8,10H,5-7H2,1-4H3. The Morgan fingerprint density at radius 3 is 2.57 bits per heavy atom. The summed E-state index contributed by atoms with van der Waals surface area (Å²) in [5.41, 5.74) is 0.973. The van der Waals surface area contributed by atoms with Crippen LogP contribution in [0.4, 0.5) is 0 Å². The van der Waals surface area contributed by atoms with Crippen LogP contribution in [0.15, 0.2) is 5.10 Å². The van der Waals surface area contributed by atoms with Crippen molar-refractivity contribution in [3.63, 3.8) is 0 Å². The number of amides is 1. The van der Waals surface area contributed by atoms with Crippen LogP contribution in [0.2, 0.25) is 0 Å². The summed E-state index contributed by atoms with van der Waals surface area (Å²) in [5, 5.41) is 5.95. The Balaban J connectivity index is 2.63. The van der Waals surface area contributed by atoms with Crippen molar-refractivity contribution in [1.29, 1.82) is 0 Å². The molecule has 0 fully saturated rings. The van der Waals surface area contributed by atoms with E-state index < -0.39 is 0 Å². The van der Waals surface area contributed by atoms with Crippen LogP contribution in [-0.4, -0.2) is 23.2 Å². The van der Waals surface area contributed by atoms with Crippen LogP contribution in [0.5, 0.6) is 0 Å². The minimum Gasteiger partial charge on any atom is -0.272 e. The number of hydrogen-bond donors (Lipinski definition) is 0. The van der Waals surface area contributed by atoms with Gasteiger partial charge in [0.15, 0.2) is 0 Å². The van der Waals surface area contributed by atoms with Gasteiger partial charge in [-0.3, -0.25) is 4.79 Å². The number of rotatable bonds is 4. The number of hydrazone groups is 1. The molecule has 1 amide bonds. The van der Waals surface area contributed by atoms with Gasteiger partial charge in [-0.2, -0.15) is 5.10 Å². The first-order valence-corrected chi connectivity index (χ1v) is 5.44. The summed E-state index contributed by atoms with van der Waals surface area (Å²) in [6, 6.07) is 0. The van der Waals surface area contributed by atoms with Crippen molar-refractivity contribution in [1.82, 2.24) is 5.01 Å². The molecule has 0 saturated carbocycles. The fourth-order valence-corrected chi connectivity index (χ4v) is 1.88. The first-order valence-electron chi connectivity index (χ1n) is 5.44. The molecule has 3 heteroatoms. The van der Waals surface area contributed by atoms with Crippen molar-refractivity contribution in [3.05, 3.63) is 0 Å². The summed E-state index contributed by atoms with van der Waals surface area (Å²) in [5.74, 6) is 0.565. The molecular formula is C11H20N2O. The van der Waals surface area contributed by atoms with E-state index >= 15 is 0 Å². The molecule has 1 unspecified atom stereocenters. The first-order chi connectivity index (χ1) is 6.57. The van der Waals surface area contributed by atoms with Crippen molar-refractivity contribution in [2.45, 2.75) is 40.5 Å². The minimum absolute atomic E-state index is 0.0202. The molecule has 0 aromatic rings. The van der Waals surface area contributed by atoms with E-state index in [1.807, 2.05) is 6.92 Å². The number of unbranched alkanes of at least 4 members (excludes halogenated alkanes) is 1. The molecule has 0 bridgehead atoms. The van der Waals surface area contributed by atoms with Gasteiger partial charge in [-0.25, -0.2) is 5.01 Å². The van der Waals surface area contributed by atoms with Crippen LogP contribution in [0.25, 0.3) is 0 Å². The summed E-state index contributed by atoms with van der Waals surface area (Å²) >= 11 is 0. The molecule has 0 radical (unpaired) electrons. The lowest BCUT2D eigenvalue weighted by Gasteiger charge is -2.15. The maximum Gasteiger partial charge on any atom is 0.251 e. The molecule has 0 spiro atoms. The van der Waals surface area contributed by atoms with Crippen LogP contribution in [0.3, 0.4) is 0 Å². The van der Waals surface area contributed by atoms with E-state index in [0.29, 0.717) is 5.92 Å². The monoisotopic (exact) mass is 196 g/mol. The van der Waals surface area contributed by atoms with Gasteiger partial charge in [-0.15, -0.1) is 0 Å². The van der Waals surface area contributed by atoms with E-state index in [0.717, 1.165) is 25.1 Å². The second-order valence-electron chi connectivity index (χ2n) is 4.28. The van der Waals surface area contributed by atoms with Crippen molar-refractivity contribution >= 4 is 11.6 Å². The zero-order valence-electron chi connectivity index (χ0n) is 9.58. The Morgan fingerprint density at radius 2 is 2.14 bits per heavy atom. The molecule has 0 aliphatic carbocycles. The third kappa shape index (κ3) is 2.14. The highest BCUT2D eigenvalue weighted by molar-refractivity contribution is 6.07. The zero-order chi connectivity index (χ0) is 10.7. The van der Waals surface area contributed by atoms with Crippen molar-refractivity contribution in [2.24, 2.45) is 16.9 Å². The number of hydrogen-bond acceptors (Lipinski definition) is 2. The normalized spacial score (nSPS) is 22.1. The quantitative estimate of drug-likeness (QED) is 0.679. The van der Waals surface area contributed by atoms with Crippen LogP contribution >= 0.6 is 0 Å². The molecule has 1 aliphatic rings. The average molecular weight is 196 g/mol. The summed E-state index contributed by atoms with van der Waals surface area (Å²) in [6.45, 7) is 9.00. The van der Waals surface area contributed by atoms with Crippen molar-refractivity contribution < 1.29 is 4.79 Å². The van der Waals surface area contributed by atoms with Gasteiger partial charge < -0.3 is 0 Å². The Labute approximate surface area is 86.2 Å². The van der Waals surface area contributed by atoms with E-state index in [-0.39, 0.29) is 11.8 Å². The maximum absolute atomic E-state index is 11.9. The number of carbonyl (C=O) groups excluding carboxylic acids is 1. The third-order valence-corrected chi connectivity index (χ3v) is 2.64. The first kappa shape index (κ1) is 11.2. The van der Waals surface area contributed by atoms with Gasteiger partial charge in [0.25, 0.3) is 5.91 Å². The predicted octanol–water partition coefficient (Wildman–Crippen LogP) is 2.28.